The molecule has 1 rings (SSSR count). The van der Waals surface area contributed by atoms with Crippen molar-refractivity contribution >= 4 is 11.6 Å². The molecule has 4 heteroatoms. The van der Waals surface area contributed by atoms with Crippen LogP contribution in [-0.2, 0) is 6.54 Å². The lowest BCUT2D eigenvalue weighted by molar-refractivity contribution is 0.193. The normalized spacial score (nSPS) is 13.0. The lowest BCUT2D eigenvalue weighted by atomic mass is 9.93. The molecule has 0 saturated carbocycles. The number of benzene rings is 1. The maximum Gasteiger partial charge on any atom is 0.123 e. The van der Waals surface area contributed by atoms with Crippen LogP contribution < -0.4 is 10.1 Å². The van der Waals surface area contributed by atoms with E-state index in [2.05, 4.69) is 38.2 Å². The molecule has 120 valence electrons. The number of halogens is 1. The van der Waals surface area contributed by atoms with Gasteiger partial charge in [-0.25, -0.2) is 0 Å². The molecule has 1 unspecified atom stereocenters. The van der Waals surface area contributed by atoms with Gasteiger partial charge in [-0.1, -0.05) is 38.3 Å². The molecule has 0 fully saturated rings. The molecule has 0 aliphatic carbocycles. The van der Waals surface area contributed by atoms with Crippen LogP contribution in [0.5, 0.6) is 5.75 Å². The molecule has 0 amide bonds. The molecule has 3 nitrogen and oxygen atoms in total. The van der Waals surface area contributed by atoms with Crippen molar-refractivity contribution in [3.8, 4) is 5.75 Å². The summed E-state index contributed by atoms with van der Waals surface area (Å²) in [6, 6.07) is 6.29. The zero-order valence-electron chi connectivity index (χ0n) is 13.9. The summed E-state index contributed by atoms with van der Waals surface area (Å²) in [5.74, 6) is 1.60. The third-order valence-electron chi connectivity index (χ3n) is 4.17. The van der Waals surface area contributed by atoms with Crippen LogP contribution in [0.1, 0.15) is 32.3 Å². The van der Waals surface area contributed by atoms with Crippen molar-refractivity contribution in [3.05, 3.63) is 28.8 Å². The maximum absolute atomic E-state index is 6.07. The Bertz CT molecular complexity index is 419. The van der Waals surface area contributed by atoms with E-state index in [1.807, 2.05) is 18.2 Å². The molecule has 0 saturated heterocycles. The Hall–Kier alpha value is -0.770. The first-order valence-electron chi connectivity index (χ1n) is 7.72. The molecule has 0 spiro atoms. The fraction of sp³-hybridized carbons (Fsp3) is 0.647. The van der Waals surface area contributed by atoms with Crippen molar-refractivity contribution in [1.82, 2.24) is 10.2 Å². The van der Waals surface area contributed by atoms with E-state index >= 15 is 0 Å². The van der Waals surface area contributed by atoms with Crippen LogP contribution in [0.25, 0.3) is 0 Å². The van der Waals surface area contributed by atoms with E-state index in [0.29, 0.717) is 12.0 Å². The number of nitrogens with one attached hydrogen (secondary N) is 1. The van der Waals surface area contributed by atoms with Crippen molar-refractivity contribution in [2.45, 2.75) is 39.3 Å². The van der Waals surface area contributed by atoms with Crippen molar-refractivity contribution in [2.24, 2.45) is 5.92 Å². The van der Waals surface area contributed by atoms with Crippen LogP contribution in [0, 0.1) is 5.92 Å². The Balaban J connectivity index is 2.64. The van der Waals surface area contributed by atoms with Gasteiger partial charge in [0.1, 0.15) is 5.75 Å². The Morgan fingerprint density at radius 2 is 1.90 bits per heavy atom. The third-order valence-corrected chi connectivity index (χ3v) is 4.40. The van der Waals surface area contributed by atoms with E-state index in [1.54, 1.807) is 7.11 Å². The van der Waals surface area contributed by atoms with E-state index in [9.17, 15) is 0 Å². The summed E-state index contributed by atoms with van der Waals surface area (Å²) in [7, 11) is 6.01. The highest BCUT2D eigenvalue weighted by atomic mass is 35.5. The van der Waals surface area contributed by atoms with E-state index in [1.165, 1.54) is 12.8 Å². The highest BCUT2D eigenvalue weighted by Gasteiger charge is 2.20. The number of nitrogens with zero attached hydrogens (tertiary/aromatic N) is 1. The second-order valence-electron chi connectivity index (χ2n) is 5.69. The smallest absolute Gasteiger partial charge is 0.123 e. The molecule has 0 aromatic heterocycles. The number of ether oxygens (including phenoxy) is 1. The van der Waals surface area contributed by atoms with Crippen molar-refractivity contribution < 1.29 is 4.74 Å². The molecule has 1 aromatic carbocycles. The van der Waals surface area contributed by atoms with Gasteiger partial charge in [0.05, 0.1) is 7.11 Å². The first-order valence-corrected chi connectivity index (χ1v) is 8.10. The lowest BCUT2D eigenvalue weighted by Crippen LogP contribution is -2.42. The number of methoxy groups -OCH3 is 1. The summed E-state index contributed by atoms with van der Waals surface area (Å²) in [5.41, 5.74) is 1.10. The SMILES string of the molecule is CCC(CC)C(CNCc1cc(Cl)ccc1OC)N(C)C. The van der Waals surface area contributed by atoms with Gasteiger partial charge in [0.25, 0.3) is 0 Å². The van der Waals surface area contributed by atoms with Gasteiger partial charge in [-0.05, 0) is 38.2 Å². The van der Waals surface area contributed by atoms with Crippen molar-refractivity contribution in [1.29, 1.82) is 0 Å². The third kappa shape index (κ3) is 5.50. The van der Waals surface area contributed by atoms with Crippen molar-refractivity contribution in [2.75, 3.05) is 27.7 Å². The molecule has 0 aliphatic heterocycles. The highest BCUT2D eigenvalue weighted by Crippen LogP contribution is 2.22. The molecular weight excluding hydrogens is 284 g/mol. The molecule has 0 radical (unpaired) electrons. The maximum atomic E-state index is 6.07. The molecule has 0 aliphatic rings. The Morgan fingerprint density at radius 3 is 2.43 bits per heavy atom. The molecular formula is C17H29ClN2O. The summed E-state index contributed by atoms with van der Waals surface area (Å²) in [5, 5.41) is 4.30. The number of hydrogen-bond acceptors (Lipinski definition) is 3. The van der Waals surface area contributed by atoms with E-state index in [4.69, 9.17) is 16.3 Å². The van der Waals surface area contributed by atoms with Gasteiger partial charge in [-0.15, -0.1) is 0 Å². The second-order valence-corrected chi connectivity index (χ2v) is 6.13. The van der Waals surface area contributed by atoms with E-state index < -0.39 is 0 Å². The molecule has 1 aromatic rings. The summed E-state index contributed by atoms with van der Waals surface area (Å²) < 4.78 is 5.39. The molecule has 0 heterocycles. The molecule has 1 N–H and O–H groups in total. The van der Waals surface area contributed by atoms with Crippen LogP contribution in [0.15, 0.2) is 18.2 Å². The van der Waals surface area contributed by atoms with Crippen LogP contribution in [0.2, 0.25) is 5.02 Å². The minimum absolute atomic E-state index is 0.546. The fourth-order valence-electron chi connectivity index (χ4n) is 2.84. The van der Waals surface area contributed by atoms with Crippen molar-refractivity contribution in [3.63, 3.8) is 0 Å². The monoisotopic (exact) mass is 312 g/mol. The molecule has 0 bridgehead atoms. The lowest BCUT2D eigenvalue weighted by Gasteiger charge is -2.31. The number of hydrogen-bond donors (Lipinski definition) is 1. The van der Waals surface area contributed by atoms with Gasteiger partial charge in [0.2, 0.25) is 0 Å². The summed E-state index contributed by atoms with van der Waals surface area (Å²) >= 11 is 6.07. The molecule has 1 atom stereocenters. The Labute approximate surface area is 134 Å². The minimum Gasteiger partial charge on any atom is -0.496 e. The summed E-state index contributed by atoms with van der Waals surface area (Å²) in [6.45, 7) is 6.28. The minimum atomic E-state index is 0.546. The molecule has 21 heavy (non-hydrogen) atoms. The zero-order valence-corrected chi connectivity index (χ0v) is 14.7. The second kappa shape index (κ2) is 9.29. The largest absolute Gasteiger partial charge is 0.496 e. The number of rotatable bonds is 9. The Morgan fingerprint density at radius 1 is 1.24 bits per heavy atom. The van der Waals surface area contributed by atoms with Gasteiger partial charge < -0.3 is 15.0 Å². The van der Waals surface area contributed by atoms with Gasteiger partial charge in [-0.3, -0.25) is 0 Å². The van der Waals surface area contributed by atoms with Crippen LogP contribution in [0.4, 0.5) is 0 Å². The number of likely N-dealkylation sites (N-methyl/N-ethyl adjacent to an activating group) is 1. The van der Waals surface area contributed by atoms with E-state index in [-0.39, 0.29) is 0 Å². The highest BCUT2D eigenvalue weighted by molar-refractivity contribution is 6.30. The average molecular weight is 313 g/mol. The summed E-state index contributed by atoms with van der Waals surface area (Å²) in [6.07, 6.45) is 2.42. The predicted molar refractivity (Wildman–Crippen MR) is 91.3 cm³/mol. The standard InChI is InChI=1S/C17H29ClN2O/c1-6-13(7-2)16(20(3)4)12-19-11-14-10-15(18)8-9-17(14)21-5/h8-10,13,16,19H,6-7,11-12H2,1-5H3. The zero-order chi connectivity index (χ0) is 15.8. The van der Waals surface area contributed by atoms with Gasteiger partial charge >= 0.3 is 0 Å². The Kier molecular flexibility index (Phi) is 8.09. The van der Waals surface area contributed by atoms with Gasteiger partial charge in [0.15, 0.2) is 0 Å². The fourth-order valence-corrected chi connectivity index (χ4v) is 3.04. The van der Waals surface area contributed by atoms with Crippen LogP contribution >= 0.6 is 11.6 Å². The topological polar surface area (TPSA) is 24.5 Å². The van der Waals surface area contributed by atoms with Crippen LogP contribution in [-0.4, -0.2) is 38.7 Å². The average Bonchev–Trinajstić information content (AvgIpc) is 2.46. The first-order chi connectivity index (χ1) is 10.0. The van der Waals surface area contributed by atoms with Gasteiger partial charge in [-0.2, -0.15) is 0 Å². The summed E-state index contributed by atoms with van der Waals surface area (Å²) in [4.78, 5) is 2.32. The first kappa shape index (κ1) is 18.3. The van der Waals surface area contributed by atoms with Crippen LogP contribution in [0.3, 0.4) is 0 Å². The van der Waals surface area contributed by atoms with E-state index in [0.717, 1.165) is 29.4 Å². The predicted octanol–water partition coefficient (Wildman–Crippen LogP) is 3.80. The quantitative estimate of drug-likeness (QED) is 0.750. The van der Waals surface area contributed by atoms with Gasteiger partial charge in [0, 0.05) is 29.7 Å².